The molecule has 2 atom stereocenters. The summed E-state index contributed by atoms with van der Waals surface area (Å²) in [5.41, 5.74) is 0. The van der Waals surface area contributed by atoms with Crippen LogP contribution in [0.25, 0.3) is 0 Å². The Morgan fingerprint density at radius 2 is 0.763 bits per heavy atom. The molecule has 0 saturated carbocycles. The minimum absolute atomic E-state index is 0.0254. The van der Waals surface area contributed by atoms with Gasteiger partial charge in [-0.2, -0.15) is 0 Å². The number of quaternary nitrogens is 1. The number of phosphoric acid groups is 1. The lowest BCUT2D eigenvalue weighted by atomic mass is 10.0. The fourth-order valence-electron chi connectivity index (χ4n) is 7.42. The molecule has 59 heavy (non-hydrogen) atoms. The molecule has 0 fully saturated rings. The number of rotatable bonds is 47. The van der Waals surface area contributed by atoms with Gasteiger partial charge in [-0.25, -0.2) is 0 Å². The predicted molar refractivity (Wildman–Crippen MR) is 245 cm³/mol. The molecule has 0 saturated heterocycles. The van der Waals surface area contributed by atoms with Crippen molar-refractivity contribution in [1.29, 1.82) is 0 Å². The maximum atomic E-state index is 12.7. The van der Waals surface area contributed by atoms with Crippen LogP contribution in [0, 0.1) is 0 Å². The van der Waals surface area contributed by atoms with Crippen LogP contribution < -0.4 is 4.89 Å². The topological polar surface area (TPSA) is 111 Å². The number of phosphoric ester groups is 1. The highest BCUT2D eigenvalue weighted by molar-refractivity contribution is 7.45. The molecule has 0 bridgehead atoms. The van der Waals surface area contributed by atoms with Crippen molar-refractivity contribution in [2.75, 3.05) is 47.5 Å². The quantitative estimate of drug-likeness (QED) is 0.0257. The molecule has 9 nitrogen and oxygen atoms in total. The Morgan fingerprint density at radius 1 is 0.458 bits per heavy atom. The Labute approximate surface area is 365 Å². The molecule has 0 amide bonds. The highest BCUT2D eigenvalue weighted by Gasteiger charge is 2.21. The van der Waals surface area contributed by atoms with E-state index in [1.54, 1.807) is 0 Å². The van der Waals surface area contributed by atoms with Gasteiger partial charge in [-0.3, -0.25) is 14.2 Å². The third-order valence-electron chi connectivity index (χ3n) is 11.4. The Kier molecular flexibility index (Phi) is 41.6. The summed E-state index contributed by atoms with van der Waals surface area (Å²) in [5, 5.41) is 0. The van der Waals surface area contributed by atoms with Gasteiger partial charge in [0.25, 0.3) is 7.82 Å². The molecule has 0 aliphatic rings. The number of likely N-dealkylation sites (N-methyl/N-ethyl adjacent to an activating group) is 1. The lowest BCUT2D eigenvalue weighted by Crippen LogP contribution is -2.37. The van der Waals surface area contributed by atoms with Gasteiger partial charge in [0.1, 0.15) is 19.8 Å². The molecule has 10 heteroatoms. The van der Waals surface area contributed by atoms with E-state index < -0.39 is 26.5 Å². The van der Waals surface area contributed by atoms with Crippen LogP contribution in [-0.2, 0) is 32.7 Å². The van der Waals surface area contributed by atoms with E-state index in [0.29, 0.717) is 17.4 Å². The first-order chi connectivity index (χ1) is 28.5. The number of esters is 2. The maximum absolute atomic E-state index is 12.7. The van der Waals surface area contributed by atoms with Crippen LogP contribution in [0.1, 0.15) is 251 Å². The number of carbonyl (C=O) groups excluding carboxylic acids is 2. The first kappa shape index (κ1) is 58.0. The fraction of sp³-hybridized carbons (Fsp3) is 0.959. The van der Waals surface area contributed by atoms with E-state index in [1.807, 2.05) is 21.1 Å². The lowest BCUT2D eigenvalue weighted by molar-refractivity contribution is -0.870. The first-order valence-corrected chi connectivity index (χ1v) is 26.7. The minimum atomic E-state index is -4.62. The van der Waals surface area contributed by atoms with Gasteiger partial charge in [-0.1, -0.05) is 226 Å². The zero-order chi connectivity index (χ0) is 43.6. The van der Waals surface area contributed by atoms with Gasteiger partial charge in [0, 0.05) is 12.8 Å². The molecule has 2 unspecified atom stereocenters. The van der Waals surface area contributed by atoms with E-state index >= 15 is 0 Å². The SMILES string of the molecule is CCCCCCCCCCCCCCCCCCCCC(=O)OCC(COP(=O)([O-])OCC[N+](C)(C)C)OC(=O)CCCCCCCCCCCCCCCCCCC. The highest BCUT2D eigenvalue weighted by Crippen LogP contribution is 2.38. The summed E-state index contributed by atoms with van der Waals surface area (Å²) in [5.74, 6) is -0.814. The van der Waals surface area contributed by atoms with Crippen molar-refractivity contribution in [2.45, 2.75) is 258 Å². The molecular formula is C49H98NO8P. The molecule has 0 aromatic heterocycles. The smallest absolute Gasteiger partial charge is 0.306 e. The van der Waals surface area contributed by atoms with Crippen LogP contribution in [0.5, 0.6) is 0 Å². The third-order valence-corrected chi connectivity index (χ3v) is 12.3. The van der Waals surface area contributed by atoms with Gasteiger partial charge < -0.3 is 27.9 Å². The molecule has 0 aliphatic heterocycles. The van der Waals surface area contributed by atoms with Gasteiger partial charge in [-0.15, -0.1) is 0 Å². The normalized spacial score (nSPS) is 13.4. The Bertz CT molecular complexity index is 974. The van der Waals surface area contributed by atoms with E-state index in [-0.39, 0.29) is 32.0 Å². The Balaban J connectivity index is 4.21. The van der Waals surface area contributed by atoms with Crippen molar-refractivity contribution in [2.24, 2.45) is 0 Å². The summed E-state index contributed by atoms with van der Waals surface area (Å²) < 4.78 is 34.0. The van der Waals surface area contributed by atoms with Crippen LogP contribution in [-0.4, -0.2) is 70.0 Å². The average Bonchev–Trinajstić information content (AvgIpc) is 3.19. The van der Waals surface area contributed by atoms with Crippen molar-refractivity contribution in [3.05, 3.63) is 0 Å². The van der Waals surface area contributed by atoms with Crippen molar-refractivity contribution >= 4 is 19.8 Å². The molecule has 0 rings (SSSR count). The second kappa shape index (κ2) is 42.3. The summed E-state index contributed by atoms with van der Waals surface area (Å²) in [4.78, 5) is 37.7. The molecule has 0 aromatic rings. The van der Waals surface area contributed by atoms with Crippen LogP contribution >= 0.6 is 7.82 Å². The monoisotopic (exact) mass is 860 g/mol. The molecular weight excluding hydrogens is 762 g/mol. The van der Waals surface area contributed by atoms with Gasteiger partial charge in [0.2, 0.25) is 0 Å². The summed E-state index contributed by atoms with van der Waals surface area (Å²) >= 11 is 0. The minimum Gasteiger partial charge on any atom is -0.756 e. The third kappa shape index (κ3) is 46.3. The predicted octanol–water partition coefficient (Wildman–Crippen LogP) is 14.1. The molecule has 0 spiro atoms. The number of hydrogen-bond donors (Lipinski definition) is 0. The number of hydrogen-bond acceptors (Lipinski definition) is 8. The summed E-state index contributed by atoms with van der Waals surface area (Å²) in [6.07, 6.45) is 44.1. The van der Waals surface area contributed by atoms with Crippen LogP contribution in [0.3, 0.4) is 0 Å². The van der Waals surface area contributed by atoms with E-state index in [4.69, 9.17) is 18.5 Å². The average molecular weight is 860 g/mol. The highest BCUT2D eigenvalue weighted by atomic mass is 31.2. The molecule has 0 radical (unpaired) electrons. The van der Waals surface area contributed by atoms with Crippen LogP contribution in [0.4, 0.5) is 0 Å². The number of unbranched alkanes of at least 4 members (excludes halogenated alkanes) is 33. The number of carbonyl (C=O) groups is 2. The van der Waals surface area contributed by atoms with Gasteiger partial charge in [0.15, 0.2) is 6.10 Å². The van der Waals surface area contributed by atoms with Gasteiger partial charge >= 0.3 is 11.9 Å². The van der Waals surface area contributed by atoms with E-state index in [2.05, 4.69) is 13.8 Å². The lowest BCUT2D eigenvalue weighted by Gasteiger charge is -2.28. The van der Waals surface area contributed by atoms with Crippen molar-refractivity contribution in [3.8, 4) is 0 Å². The van der Waals surface area contributed by atoms with Gasteiger partial charge in [-0.05, 0) is 12.8 Å². The molecule has 0 heterocycles. The fourth-order valence-corrected chi connectivity index (χ4v) is 8.15. The standard InChI is InChI=1S/C49H98NO8P/c1-6-8-10-12-14-16-18-20-22-24-26-27-29-31-33-35-37-39-41-48(51)55-45-47(46-57-59(53,54)56-44-43-50(3,4)5)58-49(52)42-40-38-36-34-32-30-28-25-23-21-19-17-15-13-11-9-7-2/h47H,6-46H2,1-5H3. The second-order valence-electron chi connectivity index (χ2n) is 18.6. The summed E-state index contributed by atoms with van der Waals surface area (Å²) in [7, 11) is 1.19. The maximum Gasteiger partial charge on any atom is 0.306 e. The molecule has 0 N–H and O–H groups in total. The second-order valence-corrected chi connectivity index (χ2v) is 20.0. The van der Waals surface area contributed by atoms with E-state index in [0.717, 1.165) is 32.1 Å². The summed E-state index contributed by atoms with van der Waals surface area (Å²) in [6.45, 7) is 4.29. The molecule has 352 valence electrons. The van der Waals surface area contributed by atoms with Crippen molar-refractivity contribution in [1.82, 2.24) is 0 Å². The first-order valence-electron chi connectivity index (χ1n) is 25.2. The summed E-state index contributed by atoms with van der Waals surface area (Å²) in [6, 6.07) is 0. The number of nitrogens with zero attached hydrogens (tertiary/aromatic N) is 1. The van der Waals surface area contributed by atoms with E-state index in [9.17, 15) is 19.0 Å². The van der Waals surface area contributed by atoms with Gasteiger partial charge in [0.05, 0.1) is 27.7 Å². The molecule has 0 aromatic carbocycles. The molecule has 0 aliphatic carbocycles. The van der Waals surface area contributed by atoms with Crippen LogP contribution in [0.15, 0.2) is 0 Å². The zero-order valence-corrected chi connectivity index (χ0v) is 40.6. The Hall–Kier alpha value is -0.990. The zero-order valence-electron chi connectivity index (χ0n) is 39.7. The largest absolute Gasteiger partial charge is 0.756 e. The number of ether oxygens (including phenoxy) is 2. The van der Waals surface area contributed by atoms with E-state index in [1.165, 1.54) is 186 Å². The van der Waals surface area contributed by atoms with Crippen molar-refractivity contribution < 1.29 is 42.1 Å². The van der Waals surface area contributed by atoms with Crippen molar-refractivity contribution in [3.63, 3.8) is 0 Å². The Morgan fingerprint density at radius 3 is 1.08 bits per heavy atom. The van der Waals surface area contributed by atoms with Crippen LogP contribution in [0.2, 0.25) is 0 Å².